The zero-order chi connectivity index (χ0) is 15.9. The molecule has 2 aromatic rings. The van der Waals surface area contributed by atoms with E-state index in [-0.39, 0.29) is 12.4 Å². The van der Waals surface area contributed by atoms with Crippen LogP contribution in [0.25, 0.3) is 0 Å². The Hall–Kier alpha value is -1.79. The predicted molar refractivity (Wildman–Crippen MR) is 90.7 cm³/mol. The van der Waals surface area contributed by atoms with Crippen molar-refractivity contribution in [1.82, 2.24) is 15.5 Å². The Morgan fingerprint density at radius 3 is 2.35 bits per heavy atom. The van der Waals surface area contributed by atoms with Crippen LogP contribution in [-0.2, 0) is 19.3 Å². The number of nitrogens with one attached hydrogen (secondary N) is 1. The van der Waals surface area contributed by atoms with Gasteiger partial charge in [-0.3, -0.25) is 0 Å². The highest BCUT2D eigenvalue weighted by Crippen LogP contribution is 2.23. The second-order valence-corrected chi connectivity index (χ2v) is 5.22. The standard InChI is InChI=1S/C16H23N3O3.ClH/c1-11(17-2)7-15-18-16(22-19-15)6-5-12-8-13(20-3)10-14(9-12)21-4;/h8-11,17H,5-7H2,1-4H3;1H. The number of aryl methyl sites for hydroxylation is 2. The Morgan fingerprint density at radius 1 is 1.13 bits per heavy atom. The van der Waals surface area contributed by atoms with Gasteiger partial charge in [-0.1, -0.05) is 5.16 Å². The number of hydrogen-bond acceptors (Lipinski definition) is 6. The van der Waals surface area contributed by atoms with E-state index in [1.165, 1.54) is 0 Å². The predicted octanol–water partition coefficient (Wildman–Crippen LogP) is 2.44. The summed E-state index contributed by atoms with van der Waals surface area (Å²) in [4.78, 5) is 4.42. The monoisotopic (exact) mass is 341 g/mol. The van der Waals surface area contributed by atoms with Gasteiger partial charge in [-0.15, -0.1) is 12.4 Å². The van der Waals surface area contributed by atoms with Crippen LogP contribution in [0.3, 0.4) is 0 Å². The number of methoxy groups -OCH3 is 2. The zero-order valence-electron chi connectivity index (χ0n) is 14.0. The van der Waals surface area contributed by atoms with E-state index >= 15 is 0 Å². The summed E-state index contributed by atoms with van der Waals surface area (Å²) in [7, 11) is 5.21. The van der Waals surface area contributed by atoms with E-state index in [0.29, 0.717) is 18.4 Å². The molecule has 23 heavy (non-hydrogen) atoms. The van der Waals surface area contributed by atoms with Gasteiger partial charge in [0.05, 0.1) is 14.2 Å². The number of aromatic nitrogens is 2. The number of benzene rings is 1. The Labute approximate surface area is 143 Å². The van der Waals surface area contributed by atoms with Crippen LogP contribution in [0.2, 0.25) is 0 Å². The highest BCUT2D eigenvalue weighted by molar-refractivity contribution is 5.85. The van der Waals surface area contributed by atoms with E-state index < -0.39 is 0 Å². The van der Waals surface area contributed by atoms with Gasteiger partial charge in [0.25, 0.3) is 0 Å². The van der Waals surface area contributed by atoms with Crippen molar-refractivity contribution in [3.05, 3.63) is 35.5 Å². The number of likely N-dealkylation sites (N-methyl/N-ethyl adjacent to an activating group) is 1. The second-order valence-electron chi connectivity index (χ2n) is 5.22. The molecule has 7 heteroatoms. The van der Waals surface area contributed by atoms with Crippen LogP contribution in [0.1, 0.15) is 24.2 Å². The Kier molecular flexibility index (Phi) is 7.85. The van der Waals surface area contributed by atoms with Gasteiger partial charge < -0.3 is 19.3 Å². The van der Waals surface area contributed by atoms with E-state index in [9.17, 15) is 0 Å². The lowest BCUT2D eigenvalue weighted by Gasteiger charge is -2.07. The minimum Gasteiger partial charge on any atom is -0.497 e. The first-order valence-electron chi connectivity index (χ1n) is 7.35. The molecule has 1 N–H and O–H groups in total. The van der Waals surface area contributed by atoms with Gasteiger partial charge in [0.1, 0.15) is 11.5 Å². The maximum absolute atomic E-state index is 5.29. The Balaban J connectivity index is 0.00000264. The lowest BCUT2D eigenvalue weighted by Crippen LogP contribution is -2.24. The lowest BCUT2D eigenvalue weighted by molar-refractivity contribution is 0.370. The molecule has 2 rings (SSSR count). The van der Waals surface area contributed by atoms with Crippen molar-refractivity contribution in [2.45, 2.75) is 32.2 Å². The first kappa shape index (κ1) is 19.3. The topological polar surface area (TPSA) is 69.4 Å². The summed E-state index contributed by atoms with van der Waals surface area (Å²) in [5.74, 6) is 2.95. The van der Waals surface area contributed by atoms with Gasteiger partial charge in [-0.25, -0.2) is 0 Å². The summed E-state index contributed by atoms with van der Waals surface area (Å²) >= 11 is 0. The molecule has 0 aliphatic heterocycles. The number of rotatable bonds is 8. The van der Waals surface area contributed by atoms with Gasteiger partial charge in [0.2, 0.25) is 5.89 Å². The lowest BCUT2D eigenvalue weighted by atomic mass is 10.1. The van der Waals surface area contributed by atoms with Gasteiger partial charge >= 0.3 is 0 Å². The Bertz CT molecular complexity index is 582. The molecule has 0 radical (unpaired) electrons. The highest BCUT2D eigenvalue weighted by atomic mass is 35.5. The van der Waals surface area contributed by atoms with Gasteiger partial charge in [-0.05, 0) is 38.1 Å². The van der Waals surface area contributed by atoms with Crippen LogP contribution < -0.4 is 14.8 Å². The molecular formula is C16H24ClN3O3. The summed E-state index contributed by atoms with van der Waals surface area (Å²) in [6.07, 6.45) is 2.24. The summed E-state index contributed by atoms with van der Waals surface area (Å²) in [5.41, 5.74) is 1.11. The van der Waals surface area contributed by atoms with Crippen LogP contribution in [0, 0.1) is 0 Å². The first-order valence-corrected chi connectivity index (χ1v) is 7.35. The molecule has 1 heterocycles. The fraction of sp³-hybridized carbons (Fsp3) is 0.500. The number of hydrogen-bond donors (Lipinski definition) is 1. The normalized spacial score (nSPS) is 11.7. The summed E-state index contributed by atoms with van der Waals surface area (Å²) in [6, 6.07) is 6.16. The Morgan fingerprint density at radius 2 is 1.78 bits per heavy atom. The minimum absolute atomic E-state index is 0. The smallest absolute Gasteiger partial charge is 0.226 e. The third-order valence-corrected chi connectivity index (χ3v) is 3.53. The minimum atomic E-state index is 0. The molecule has 0 saturated heterocycles. The van der Waals surface area contributed by atoms with Crippen molar-refractivity contribution >= 4 is 12.4 Å². The van der Waals surface area contributed by atoms with Crippen LogP contribution in [-0.4, -0.2) is 37.4 Å². The quantitative estimate of drug-likeness (QED) is 0.795. The SMILES string of the molecule is CNC(C)Cc1noc(CCc2cc(OC)cc(OC)c2)n1.Cl. The largest absolute Gasteiger partial charge is 0.497 e. The van der Waals surface area contributed by atoms with E-state index in [0.717, 1.165) is 35.7 Å². The average molecular weight is 342 g/mol. The zero-order valence-corrected chi connectivity index (χ0v) is 14.8. The molecule has 0 amide bonds. The molecule has 1 aromatic heterocycles. The van der Waals surface area contributed by atoms with Crippen LogP contribution in [0.4, 0.5) is 0 Å². The molecule has 0 bridgehead atoms. The van der Waals surface area contributed by atoms with E-state index in [4.69, 9.17) is 14.0 Å². The fourth-order valence-corrected chi connectivity index (χ4v) is 2.11. The molecule has 0 fully saturated rings. The maximum Gasteiger partial charge on any atom is 0.226 e. The van der Waals surface area contributed by atoms with E-state index in [1.807, 2.05) is 25.2 Å². The number of ether oxygens (including phenoxy) is 2. The molecule has 0 spiro atoms. The molecule has 1 aromatic carbocycles. The second kappa shape index (κ2) is 9.37. The summed E-state index contributed by atoms with van der Waals surface area (Å²) in [6.45, 7) is 2.08. The molecule has 1 atom stereocenters. The van der Waals surface area contributed by atoms with Crippen LogP contribution >= 0.6 is 12.4 Å². The van der Waals surface area contributed by atoms with Crippen molar-refractivity contribution in [3.63, 3.8) is 0 Å². The number of nitrogens with zero attached hydrogens (tertiary/aromatic N) is 2. The van der Waals surface area contributed by atoms with E-state index in [1.54, 1.807) is 14.2 Å². The summed E-state index contributed by atoms with van der Waals surface area (Å²) in [5, 5.41) is 7.16. The molecule has 0 aliphatic carbocycles. The van der Waals surface area contributed by atoms with Gasteiger partial charge in [0, 0.05) is 24.9 Å². The molecule has 128 valence electrons. The van der Waals surface area contributed by atoms with Crippen molar-refractivity contribution in [1.29, 1.82) is 0 Å². The van der Waals surface area contributed by atoms with Crippen LogP contribution in [0.15, 0.2) is 22.7 Å². The van der Waals surface area contributed by atoms with Crippen molar-refractivity contribution < 1.29 is 14.0 Å². The molecular weight excluding hydrogens is 318 g/mol. The van der Waals surface area contributed by atoms with Crippen molar-refractivity contribution in [2.75, 3.05) is 21.3 Å². The molecule has 6 nitrogen and oxygen atoms in total. The number of halogens is 1. The average Bonchev–Trinajstić information content (AvgIpc) is 2.99. The summed E-state index contributed by atoms with van der Waals surface area (Å²) < 4.78 is 15.8. The van der Waals surface area contributed by atoms with Gasteiger partial charge in [-0.2, -0.15) is 4.98 Å². The van der Waals surface area contributed by atoms with E-state index in [2.05, 4.69) is 22.4 Å². The van der Waals surface area contributed by atoms with Gasteiger partial charge in [0.15, 0.2) is 5.82 Å². The third kappa shape index (κ3) is 5.73. The molecule has 1 unspecified atom stereocenters. The fourth-order valence-electron chi connectivity index (χ4n) is 2.11. The highest BCUT2D eigenvalue weighted by Gasteiger charge is 2.10. The van der Waals surface area contributed by atoms with Crippen LogP contribution in [0.5, 0.6) is 11.5 Å². The third-order valence-electron chi connectivity index (χ3n) is 3.53. The maximum atomic E-state index is 5.29. The molecule has 0 saturated carbocycles. The van der Waals surface area contributed by atoms with Crippen molar-refractivity contribution in [2.24, 2.45) is 0 Å². The molecule has 0 aliphatic rings. The van der Waals surface area contributed by atoms with Crippen molar-refractivity contribution in [3.8, 4) is 11.5 Å². The first-order chi connectivity index (χ1) is 10.6.